The monoisotopic (exact) mass is 317 g/mol. The number of likely N-dealkylation sites (N-methyl/N-ethyl adjacent to an activating group) is 1. The normalized spacial score (nSPS) is 10.7. The Morgan fingerprint density at radius 3 is 2.48 bits per heavy atom. The molecule has 122 valence electrons. The Morgan fingerprint density at radius 1 is 1.17 bits per heavy atom. The number of aromatic nitrogens is 1. The van der Waals surface area contributed by atoms with Gasteiger partial charge < -0.3 is 19.4 Å². The van der Waals surface area contributed by atoms with E-state index >= 15 is 0 Å². The van der Waals surface area contributed by atoms with E-state index in [1.165, 1.54) is 11.2 Å². The van der Waals surface area contributed by atoms with Crippen LogP contribution in [-0.2, 0) is 4.79 Å². The Labute approximate surface area is 134 Å². The van der Waals surface area contributed by atoms with E-state index in [1.54, 1.807) is 0 Å². The lowest BCUT2D eigenvalue weighted by molar-refractivity contribution is -0.137. The highest BCUT2D eigenvalue weighted by atomic mass is 16.5. The van der Waals surface area contributed by atoms with Crippen molar-refractivity contribution in [2.45, 2.75) is 0 Å². The van der Waals surface area contributed by atoms with Crippen LogP contribution in [0.1, 0.15) is 10.4 Å². The maximum Gasteiger partial charge on any atom is 0.323 e. The summed E-state index contributed by atoms with van der Waals surface area (Å²) < 4.78 is 4.95. The van der Waals surface area contributed by atoms with E-state index in [9.17, 15) is 9.59 Å². The number of carbonyl (C=O) groups is 2. The van der Waals surface area contributed by atoms with Crippen molar-refractivity contribution in [2.24, 2.45) is 0 Å². The van der Waals surface area contributed by atoms with Gasteiger partial charge in [-0.1, -0.05) is 35.5 Å². The van der Waals surface area contributed by atoms with Gasteiger partial charge in [0.2, 0.25) is 0 Å². The van der Waals surface area contributed by atoms with Crippen molar-refractivity contribution in [1.29, 1.82) is 0 Å². The van der Waals surface area contributed by atoms with Gasteiger partial charge in [-0.3, -0.25) is 9.59 Å². The molecule has 0 aliphatic carbocycles. The first kappa shape index (κ1) is 16.7. The molecule has 0 spiro atoms. The molecule has 0 atom stereocenters. The Kier molecular flexibility index (Phi) is 5.48. The quantitative estimate of drug-likeness (QED) is 0.831. The van der Waals surface area contributed by atoms with E-state index in [4.69, 9.17) is 9.63 Å². The van der Waals surface area contributed by atoms with Crippen LogP contribution in [0.2, 0.25) is 0 Å². The highest BCUT2D eigenvalue weighted by molar-refractivity contribution is 6.00. The van der Waals surface area contributed by atoms with Gasteiger partial charge in [0.05, 0.1) is 0 Å². The summed E-state index contributed by atoms with van der Waals surface area (Å²) in [6.45, 7) is 0.495. The van der Waals surface area contributed by atoms with Crippen LogP contribution < -0.4 is 0 Å². The molecule has 23 heavy (non-hydrogen) atoms. The van der Waals surface area contributed by atoms with Crippen LogP contribution in [0.15, 0.2) is 41.1 Å². The summed E-state index contributed by atoms with van der Waals surface area (Å²) >= 11 is 0. The molecule has 0 unspecified atom stereocenters. The van der Waals surface area contributed by atoms with Gasteiger partial charge in [-0.25, -0.2) is 0 Å². The van der Waals surface area contributed by atoms with Gasteiger partial charge in [0.25, 0.3) is 5.91 Å². The molecule has 0 aliphatic rings. The highest BCUT2D eigenvalue weighted by Gasteiger charge is 2.24. The van der Waals surface area contributed by atoms with E-state index in [0.29, 0.717) is 18.8 Å². The van der Waals surface area contributed by atoms with Crippen molar-refractivity contribution in [3.05, 3.63) is 42.2 Å². The molecule has 1 heterocycles. The number of carboxylic acid groups (broad SMARTS) is 1. The van der Waals surface area contributed by atoms with Crippen LogP contribution >= 0.6 is 0 Å². The molecule has 7 heteroatoms. The number of carboxylic acids is 1. The molecule has 0 bridgehead atoms. The molecule has 1 amide bonds. The Bertz CT molecular complexity index is 667. The molecule has 2 rings (SSSR count). The van der Waals surface area contributed by atoms with E-state index in [2.05, 4.69) is 5.16 Å². The number of rotatable bonds is 7. The number of hydrogen-bond donors (Lipinski definition) is 1. The zero-order valence-electron chi connectivity index (χ0n) is 13.1. The van der Waals surface area contributed by atoms with Gasteiger partial charge in [0, 0.05) is 18.7 Å². The molecule has 1 aromatic heterocycles. The Hall–Kier alpha value is -2.67. The van der Waals surface area contributed by atoms with E-state index in [-0.39, 0.29) is 12.1 Å². The van der Waals surface area contributed by atoms with Gasteiger partial charge in [-0.15, -0.1) is 0 Å². The SMILES string of the molecule is CN(C)CCN(CC(=O)O)C(=O)c1conc1-c1ccccc1. The summed E-state index contributed by atoms with van der Waals surface area (Å²) in [7, 11) is 3.72. The largest absolute Gasteiger partial charge is 0.480 e. The first-order valence-electron chi connectivity index (χ1n) is 7.14. The summed E-state index contributed by atoms with van der Waals surface area (Å²) in [5.74, 6) is -1.47. The number of hydrogen-bond acceptors (Lipinski definition) is 5. The average molecular weight is 317 g/mol. The number of benzene rings is 1. The van der Waals surface area contributed by atoms with Gasteiger partial charge >= 0.3 is 5.97 Å². The molecule has 0 saturated heterocycles. The number of nitrogens with zero attached hydrogens (tertiary/aromatic N) is 3. The zero-order valence-corrected chi connectivity index (χ0v) is 13.1. The van der Waals surface area contributed by atoms with Gasteiger partial charge in [0.15, 0.2) is 0 Å². The van der Waals surface area contributed by atoms with Crippen molar-refractivity contribution < 1.29 is 19.2 Å². The molecule has 0 radical (unpaired) electrons. The van der Waals surface area contributed by atoms with Crippen LogP contribution in [0.25, 0.3) is 11.3 Å². The number of aliphatic carboxylic acids is 1. The average Bonchev–Trinajstić information content (AvgIpc) is 3.00. The lowest BCUT2D eigenvalue weighted by atomic mass is 10.1. The first-order chi connectivity index (χ1) is 11.0. The third kappa shape index (κ3) is 4.40. The fourth-order valence-corrected chi connectivity index (χ4v) is 2.10. The fraction of sp³-hybridized carbons (Fsp3) is 0.312. The lowest BCUT2D eigenvalue weighted by Gasteiger charge is -2.22. The third-order valence-corrected chi connectivity index (χ3v) is 3.28. The Morgan fingerprint density at radius 2 is 1.87 bits per heavy atom. The van der Waals surface area contributed by atoms with Crippen molar-refractivity contribution in [3.63, 3.8) is 0 Å². The minimum absolute atomic E-state index is 0.260. The van der Waals surface area contributed by atoms with Crippen molar-refractivity contribution in [1.82, 2.24) is 15.0 Å². The number of amides is 1. The summed E-state index contributed by atoms with van der Waals surface area (Å²) in [6, 6.07) is 9.16. The second-order valence-electron chi connectivity index (χ2n) is 5.37. The molecule has 1 N–H and O–H groups in total. The fourth-order valence-electron chi connectivity index (χ4n) is 2.10. The lowest BCUT2D eigenvalue weighted by Crippen LogP contribution is -2.40. The predicted molar refractivity (Wildman–Crippen MR) is 84.0 cm³/mol. The molecular formula is C16H19N3O4. The van der Waals surface area contributed by atoms with Crippen LogP contribution in [0.4, 0.5) is 0 Å². The van der Waals surface area contributed by atoms with Crippen molar-refractivity contribution in [2.75, 3.05) is 33.7 Å². The van der Waals surface area contributed by atoms with E-state index in [1.807, 2.05) is 49.3 Å². The van der Waals surface area contributed by atoms with Gasteiger partial charge in [-0.2, -0.15) is 0 Å². The van der Waals surface area contributed by atoms with Crippen LogP contribution in [-0.4, -0.2) is 65.7 Å². The standard InChI is InChI=1S/C16H19N3O4/c1-18(2)8-9-19(10-14(20)21)16(22)13-11-23-17-15(13)12-6-4-3-5-7-12/h3-7,11H,8-10H2,1-2H3,(H,20,21). The number of carbonyl (C=O) groups excluding carboxylic acids is 1. The summed E-state index contributed by atoms with van der Waals surface area (Å²) in [6.07, 6.45) is 1.26. The van der Waals surface area contributed by atoms with Crippen LogP contribution in [0.5, 0.6) is 0 Å². The van der Waals surface area contributed by atoms with E-state index < -0.39 is 11.9 Å². The molecule has 1 aromatic carbocycles. The van der Waals surface area contributed by atoms with Crippen molar-refractivity contribution in [3.8, 4) is 11.3 Å². The molecular weight excluding hydrogens is 298 g/mol. The maximum absolute atomic E-state index is 12.7. The predicted octanol–water partition coefficient (Wildman–Crippen LogP) is 1.43. The minimum Gasteiger partial charge on any atom is -0.480 e. The third-order valence-electron chi connectivity index (χ3n) is 3.28. The smallest absolute Gasteiger partial charge is 0.323 e. The summed E-state index contributed by atoms with van der Waals surface area (Å²) in [5.41, 5.74) is 1.42. The molecule has 0 aliphatic heterocycles. The maximum atomic E-state index is 12.7. The van der Waals surface area contributed by atoms with Gasteiger partial charge in [-0.05, 0) is 14.1 Å². The molecule has 0 fully saturated rings. The summed E-state index contributed by atoms with van der Waals surface area (Å²) in [4.78, 5) is 26.9. The minimum atomic E-state index is -1.06. The van der Waals surface area contributed by atoms with E-state index in [0.717, 1.165) is 5.56 Å². The zero-order chi connectivity index (χ0) is 16.8. The molecule has 7 nitrogen and oxygen atoms in total. The Balaban J connectivity index is 2.26. The summed E-state index contributed by atoms with van der Waals surface area (Å²) in [5, 5.41) is 12.9. The van der Waals surface area contributed by atoms with Crippen molar-refractivity contribution >= 4 is 11.9 Å². The van der Waals surface area contributed by atoms with Gasteiger partial charge in [0.1, 0.15) is 24.1 Å². The highest BCUT2D eigenvalue weighted by Crippen LogP contribution is 2.23. The first-order valence-corrected chi connectivity index (χ1v) is 7.14. The van der Waals surface area contributed by atoms with Crippen LogP contribution in [0, 0.1) is 0 Å². The molecule has 2 aromatic rings. The molecule has 0 saturated carbocycles. The topological polar surface area (TPSA) is 86.9 Å². The second kappa shape index (κ2) is 7.55. The second-order valence-corrected chi connectivity index (χ2v) is 5.37. The van der Waals surface area contributed by atoms with Crippen LogP contribution in [0.3, 0.4) is 0 Å².